The zero-order valence-corrected chi connectivity index (χ0v) is 8.98. The van der Waals surface area contributed by atoms with Crippen molar-refractivity contribution in [3.63, 3.8) is 0 Å². The van der Waals surface area contributed by atoms with Gasteiger partial charge in [0, 0.05) is 18.4 Å². The van der Waals surface area contributed by atoms with Crippen molar-refractivity contribution < 1.29 is 9.57 Å². The fourth-order valence-electron chi connectivity index (χ4n) is 2.02. The molecule has 1 spiro atoms. The number of nitrogens with zero attached hydrogens (tertiary/aromatic N) is 1. The van der Waals surface area contributed by atoms with E-state index in [0.717, 1.165) is 24.2 Å². The van der Waals surface area contributed by atoms with Crippen LogP contribution in [0.5, 0.6) is 0 Å². The quantitative estimate of drug-likeness (QED) is 0.776. The first kappa shape index (κ1) is 9.81. The molecule has 2 heterocycles. The van der Waals surface area contributed by atoms with Crippen LogP contribution in [-0.4, -0.2) is 24.8 Å². The minimum atomic E-state index is -0.399. The Balaban J connectivity index is 1.86. The monoisotopic (exact) mass is 218 g/mol. The molecule has 1 fully saturated rings. The summed E-state index contributed by atoms with van der Waals surface area (Å²) in [5, 5.41) is 0. The molecule has 1 saturated heterocycles. The van der Waals surface area contributed by atoms with Gasteiger partial charge in [0.25, 0.3) is 0 Å². The first-order valence-corrected chi connectivity index (χ1v) is 5.55. The molecule has 1 aromatic rings. The van der Waals surface area contributed by atoms with Crippen molar-refractivity contribution in [3.8, 4) is 0 Å². The molecule has 4 heteroatoms. The summed E-state index contributed by atoms with van der Waals surface area (Å²) in [6.45, 7) is 1.43. The van der Waals surface area contributed by atoms with Crippen LogP contribution in [0.3, 0.4) is 0 Å². The zero-order chi connectivity index (χ0) is 10.8. The van der Waals surface area contributed by atoms with Gasteiger partial charge in [0.05, 0.1) is 13.2 Å². The van der Waals surface area contributed by atoms with Crippen LogP contribution in [0.2, 0.25) is 0 Å². The fraction of sp³-hybridized carbons (Fsp3) is 0.417. The number of benzene rings is 1. The third-order valence-electron chi connectivity index (χ3n) is 2.97. The summed E-state index contributed by atoms with van der Waals surface area (Å²) in [6.07, 6.45) is 1.63. The van der Waals surface area contributed by atoms with Gasteiger partial charge in [-0.25, -0.2) is 15.3 Å². The number of hydrogen-bond donors (Lipinski definition) is 1. The lowest BCUT2D eigenvalue weighted by molar-refractivity contribution is -0.114. The molecule has 0 bridgehead atoms. The number of hydroxylamine groups is 1. The molecule has 0 radical (unpaired) electrons. The van der Waals surface area contributed by atoms with Crippen LogP contribution < -0.4 is 5.48 Å². The average Bonchev–Trinajstić information content (AvgIpc) is 2.75. The van der Waals surface area contributed by atoms with E-state index in [4.69, 9.17) is 9.57 Å². The Morgan fingerprint density at radius 1 is 1.12 bits per heavy atom. The summed E-state index contributed by atoms with van der Waals surface area (Å²) >= 11 is 0. The molecule has 0 aromatic heterocycles. The standard InChI is InChI=1S/C12H14N2O2/c1-2-4-10(5-3-1)11-13-12(16-14-11)6-8-15-9-7-12/h1-5H,6-9H2,(H,13,14). The van der Waals surface area contributed by atoms with Gasteiger partial charge in [-0.1, -0.05) is 30.3 Å². The zero-order valence-electron chi connectivity index (χ0n) is 8.98. The molecule has 0 atom stereocenters. The molecular weight excluding hydrogens is 204 g/mol. The number of hydrogen-bond acceptors (Lipinski definition) is 4. The first-order valence-electron chi connectivity index (χ1n) is 5.55. The highest BCUT2D eigenvalue weighted by Gasteiger charge is 2.38. The second-order valence-corrected chi connectivity index (χ2v) is 4.09. The molecular formula is C12H14N2O2. The van der Waals surface area contributed by atoms with Crippen molar-refractivity contribution >= 4 is 5.84 Å². The number of ether oxygens (including phenoxy) is 1. The Hall–Kier alpha value is -1.39. The highest BCUT2D eigenvalue weighted by molar-refractivity contribution is 5.99. The number of nitrogens with one attached hydrogen (secondary N) is 1. The van der Waals surface area contributed by atoms with Gasteiger partial charge in [-0.3, -0.25) is 0 Å². The number of rotatable bonds is 1. The lowest BCUT2D eigenvalue weighted by atomic mass is 10.1. The highest BCUT2D eigenvalue weighted by atomic mass is 16.7. The maximum Gasteiger partial charge on any atom is 0.191 e. The maximum atomic E-state index is 5.61. The van der Waals surface area contributed by atoms with E-state index in [1.807, 2.05) is 30.3 Å². The second-order valence-electron chi connectivity index (χ2n) is 4.09. The minimum absolute atomic E-state index is 0.399. The number of amidine groups is 1. The van der Waals surface area contributed by atoms with Crippen molar-refractivity contribution in [2.24, 2.45) is 4.99 Å². The average molecular weight is 218 g/mol. The summed E-state index contributed by atoms with van der Waals surface area (Å²) in [5.41, 5.74) is 3.59. The Labute approximate surface area is 94.2 Å². The summed E-state index contributed by atoms with van der Waals surface area (Å²) in [5.74, 6) is 0.822. The molecule has 4 nitrogen and oxygen atoms in total. The first-order chi connectivity index (χ1) is 7.88. The summed E-state index contributed by atoms with van der Waals surface area (Å²) < 4.78 is 5.32. The van der Waals surface area contributed by atoms with Gasteiger partial charge in [-0.15, -0.1) is 0 Å². The van der Waals surface area contributed by atoms with E-state index in [0.29, 0.717) is 13.2 Å². The highest BCUT2D eigenvalue weighted by Crippen LogP contribution is 2.29. The van der Waals surface area contributed by atoms with E-state index in [2.05, 4.69) is 10.5 Å². The SMILES string of the molecule is c1ccc(C2=NC3(CCOCC3)ON2)cc1. The topological polar surface area (TPSA) is 42.9 Å². The van der Waals surface area contributed by atoms with E-state index < -0.39 is 5.72 Å². The normalized spacial score (nSPS) is 22.9. The lowest BCUT2D eigenvalue weighted by Crippen LogP contribution is -2.36. The molecule has 84 valence electrons. The van der Waals surface area contributed by atoms with Gasteiger partial charge in [0.1, 0.15) is 0 Å². The molecule has 0 aliphatic carbocycles. The lowest BCUT2D eigenvalue weighted by Gasteiger charge is -2.27. The second kappa shape index (κ2) is 3.88. The molecule has 2 aliphatic heterocycles. The smallest absolute Gasteiger partial charge is 0.191 e. The summed E-state index contributed by atoms with van der Waals surface area (Å²) in [7, 11) is 0. The van der Waals surface area contributed by atoms with Crippen LogP contribution in [0, 0.1) is 0 Å². The summed E-state index contributed by atoms with van der Waals surface area (Å²) in [4.78, 5) is 10.3. The molecule has 3 rings (SSSR count). The van der Waals surface area contributed by atoms with Crippen molar-refractivity contribution in [1.82, 2.24) is 5.48 Å². The Morgan fingerprint density at radius 3 is 2.62 bits per heavy atom. The van der Waals surface area contributed by atoms with Crippen LogP contribution >= 0.6 is 0 Å². The molecule has 1 N–H and O–H groups in total. The molecule has 0 unspecified atom stereocenters. The predicted molar refractivity (Wildman–Crippen MR) is 60.0 cm³/mol. The molecule has 0 saturated carbocycles. The summed E-state index contributed by atoms with van der Waals surface area (Å²) in [6, 6.07) is 10.0. The Morgan fingerprint density at radius 2 is 1.88 bits per heavy atom. The molecule has 1 aromatic carbocycles. The molecule has 0 amide bonds. The largest absolute Gasteiger partial charge is 0.381 e. The predicted octanol–water partition coefficient (Wildman–Crippen LogP) is 1.47. The van der Waals surface area contributed by atoms with Crippen molar-refractivity contribution in [1.29, 1.82) is 0 Å². The van der Waals surface area contributed by atoms with Crippen LogP contribution in [0.4, 0.5) is 0 Å². The minimum Gasteiger partial charge on any atom is -0.381 e. The van der Waals surface area contributed by atoms with E-state index in [9.17, 15) is 0 Å². The third kappa shape index (κ3) is 1.70. The van der Waals surface area contributed by atoms with Gasteiger partial charge >= 0.3 is 0 Å². The van der Waals surface area contributed by atoms with Crippen LogP contribution in [0.15, 0.2) is 35.3 Å². The van der Waals surface area contributed by atoms with Gasteiger partial charge in [0.15, 0.2) is 11.6 Å². The van der Waals surface area contributed by atoms with Gasteiger partial charge in [-0.05, 0) is 0 Å². The van der Waals surface area contributed by atoms with Gasteiger partial charge in [0.2, 0.25) is 0 Å². The fourth-order valence-corrected chi connectivity index (χ4v) is 2.02. The molecule has 2 aliphatic rings. The van der Waals surface area contributed by atoms with E-state index >= 15 is 0 Å². The van der Waals surface area contributed by atoms with Crippen LogP contribution in [0.1, 0.15) is 18.4 Å². The van der Waals surface area contributed by atoms with Crippen LogP contribution in [-0.2, 0) is 9.57 Å². The Bertz CT molecular complexity index is 397. The molecule has 16 heavy (non-hydrogen) atoms. The van der Waals surface area contributed by atoms with E-state index in [1.54, 1.807) is 0 Å². The van der Waals surface area contributed by atoms with Gasteiger partial charge < -0.3 is 4.74 Å². The van der Waals surface area contributed by atoms with Crippen molar-refractivity contribution in [2.45, 2.75) is 18.6 Å². The van der Waals surface area contributed by atoms with E-state index in [1.165, 1.54) is 0 Å². The van der Waals surface area contributed by atoms with Crippen LogP contribution in [0.25, 0.3) is 0 Å². The maximum absolute atomic E-state index is 5.61. The van der Waals surface area contributed by atoms with Crippen molar-refractivity contribution in [3.05, 3.63) is 35.9 Å². The third-order valence-corrected chi connectivity index (χ3v) is 2.97. The van der Waals surface area contributed by atoms with E-state index in [-0.39, 0.29) is 0 Å². The number of aliphatic imine (C=N–C) groups is 1. The Kier molecular flexibility index (Phi) is 2.38. The van der Waals surface area contributed by atoms with Gasteiger partial charge in [-0.2, -0.15) is 0 Å². The van der Waals surface area contributed by atoms with Crippen molar-refractivity contribution in [2.75, 3.05) is 13.2 Å².